The van der Waals surface area contributed by atoms with E-state index in [0.29, 0.717) is 0 Å². The van der Waals surface area contributed by atoms with Crippen molar-refractivity contribution in [3.63, 3.8) is 0 Å². The van der Waals surface area contributed by atoms with E-state index in [1.54, 1.807) is 0 Å². The number of aromatic nitrogens is 1. The maximum atomic E-state index is 2.47. The molecule has 0 radical (unpaired) electrons. The van der Waals surface area contributed by atoms with Crippen molar-refractivity contribution in [2.24, 2.45) is 0 Å². The van der Waals surface area contributed by atoms with Crippen LogP contribution in [0, 0.1) is 0 Å². The highest BCUT2D eigenvalue weighted by Gasteiger charge is 2.20. The van der Waals surface area contributed by atoms with Crippen molar-refractivity contribution in [3.05, 3.63) is 65.7 Å². The van der Waals surface area contributed by atoms with Gasteiger partial charge in [-0.05, 0) is 11.1 Å². The van der Waals surface area contributed by atoms with Crippen LogP contribution in [0.4, 0.5) is 0 Å². The zero-order valence-corrected chi connectivity index (χ0v) is 11.3. The lowest BCUT2D eigenvalue weighted by molar-refractivity contribution is 1.36. The maximum absolute atomic E-state index is 2.47. The Kier molecular flexibility index (Phi) is 1.47. The Hall–Kier alpha value is -2.80. The third-order valence-corrected chi connectivity index (χ3v) is 4.86. The fourth-order valence-corrected chi connectivity index (χ4v) is 4.06. The van der Waals surface area contributed by atoms with Crippen LogP contribution in [0.15, 0.2) is 54.6 Å². The van der Waals surface area contributed by atoms with Gasteiger partial charge in [0.25, 0.3) is 0 Å². The Morgan fingerprint density at radius 1 is 0.476 bits per heavy atom. The molecular weight excluding hydrogens is 254 g/mol. The summed E-state index contributed by atoms with van der Waals surface area (Å²) in [6.45, 7) is 0. The highest BCUT2D eigenvalue weighted by molar-refractivity contribution is 6.25. The van der Waals surface area contributed by atoms with Gasteiger partial charge in [0.15, 0.2) is 0 Å². The summed E-state index contributed by atoms with van der Waals surface area (Å²) in [5, 5.41) is 5.44. The Morgan fingerprint density at radius 3 is 1.43 bits per heavy atom. The summed E-state index contributed by atoms with van der Waals surface area (Å²) >= 11 is 0. The topological polar surface area (TPSA) is 4.41 Å². The van der Waals surface area contributed by atoms with Crippen molar-refractivity contribution in [2.45, 2.75) is 0 Å². The lowest BCUT2D eigenvalue weighted by atomic mass is 10.1. The van der Waals surface area contributed by atoms with Gasteiger partial charge in [0, 0.05) is 21.5 Å². The standard InChI is InChI=1S/C20H11N/c1-4-12-10-11-13-5-2-7-15-17-9-3-8-16-14(6-1)18(12)21(19(13)15)20(16)17/h1-11H. The summed E-state index contributed by atoms with van der Waals surface area (Å²) < 4.78 is 2.47. The molecule has 0 amide bonds. The molecule has 0 atom stereocenters. The summed E-state index contributed by atoms with van der Waals surface area (Å²) in [5.41, 5.74) is 6.67. The van der Waals surface area contributed by atoms with Gasteiger partial charge in [-0.1, -0.05) is 66.7 Å². The third kappa shape index (κ3) is 0.964. The molecule has 0 spiro atoms. The molecule has 0 saturated heterocycles. The molecule has 0 saturated carbocycles. The summed E-state index contributed by atoms with van der Waals surface area (Å²) in [4.78, 5) is 0. The van der Waals surface area contributed by atoms with Crippen LogP contribution in [0.2, 0.25) is 0 Å². The van der Waals surface area contributed by atoms with Crippen molar-refractivity contribution >= 4 is 50.2 Å². The van der Waals surface area contributed by atoms with Crippen molar-refractivity contribution in [1.29, 1.82) is 0 Å². The second-order valence-electron chi connectivity index (χ2n) is 5.86. The molecule has 96 valence electrons. The summed E-state index contributed by atoms with van der Waals surface area (Å²) in [5.74, 6) is 0. The van der Waals surface area contributed by atoms with Crippen LogP contribution in [-0.2, 0) is 0 Å². The minimum Gasteiger partial charge on any atom is -0.307 e. The number of nitrogens with zero attached hydrogens (tertiary/aromatic N) is 1. The van der Waals surface area contributed by atoms with Crippen LogP contribution < -0.4 is 0 Å². The largest absolute Gasteiger partial charge is 0.307 e. The first kappa shape index (κ1) is 10.0. The first-order valence-corrected chi connectivity index (χ1v) is 7.31. The molecule has 21 heavy (non-hydrogen) atoms. The molecule has 3 aromatic carbocycles. The molecule has 0 bridgehead atoms. The quantitative estimate of drug-likeness (QED) is 0.350. The van der Waals surface area contributed by atoms with Crippen LogP contribution in [0.5, 0.6) is 0 Å². The molecule has 0 fully saturated rings. The predicted molar refractivity (Wildman–Crippen MR) is 90.0 cm³/mol. The number of rotatable bonds is 0. The minimum atomic E-state index is 1.30. The van der Waals surface area contributed by atoms with E-state index in [-0.39, 0.29) is 0 Å². The first-order valence-electron chi connectivity index (χ1n) is 7.31. The van der Waals surface area contributed by atoms with E-state index in [4.69, 9.17) is 0 Å². The van der Waals surface area contributed by atoms with Gasteiger partial charge in [-0.3, -0.25) is 0 Å². The monoisotopic (exact) mass is 265 g/mol. The number of fused-ring (bicyclic) bond motifs is 2. The van der Waals surface area contributed by atoms with Gasteiger partial charge < -0.3 is 4.40 Å². The van der Waals surface area contributed by atoms with Crippen molar-refractivity contribution in [3.8, 4) is 0 Å². The number of benzene rings is 3. The SMILES string of the molecule is C1=Cc2cccc3c4cccc5c6cccc1c6n(c23)c54. The second kappa shape index (κ2) is 3.09. The lowest BCUT2D eigenvalue weighted by Gasteiger charge is -2.00. The molecule has 3 heterocycles. The van der Waals surface area contributed by atoms with Crippen molar-refractivity contribution in [1.82, 2.24) is 4.40 Å². The van der Waals surface area contributed by atoms with Crippen molar-refractivity contribution in [2.75, 3.05) is 0 Å². The molecular formula is C20H11N. The third-order valence-electron chi connectivity index (χ3n) is 4.86. The van der Waals surface area contributed by atoms with Gasteiger partial charge >= 0.3 is 0 Å². The molecule has 2 aromatic heterocycles. The van der Waals surface area contributed by atoms with Crippen molar-refractivity contribution < 1.29 is 0 Å². The van der Waals surface area contributed by atoms with Crippen LogP contribution in [0.1, 0.15) is 11.1 Å². The maximum Gasteiger partial charge on any atom is 0.0621 e. The van der Waals surface area contributed by atoms with E-state index >= 15 is 0 Å². The van der Waals surface area contributed by atoms with E-state index in [1.165, 1.54) is 49.2 Å². The summed E-state index contributed by atoms with van der Waals surface area (Å²) in [6.07, 6.45) is 4.50. The second-order valence-corrected chi connectivity index (χ2v) is 5.86. The van der Waals surface area contributed by atoms with Gasteiger partial charge in [-0.25, -0.2) is 0 Å². The minimum absolute atomic E-state index is 1.30. The van der Waals surface area contributed by atoms with E-state index < -0.39 is 0 Å². The van der Waals surface area contributed by atoms with Crippen LogP contribution in [0.3, 0.4) is 0 Å². The Morgan fingerprint density at radius 2 is 0.905 bits per heavy atom. The summed E-state index contributed by atoms with van der Waals surface area (Å²) in [7, 11) is 0. The molecule has 1 aliphatic rings. The molecule has 1 nitrogen and oxygen atoms in total. The van der Waals surface area contributed by atoms with Gasteiger partial charge in [-0.15, -0.1) is 0 Å². The number of para-hydroxylation sites is 3. The van der Waals surface area contributed by atoms with Gasteiger partial charge in [0.2, 0.25) is 0 Å². The zero-order chi connectivity index (χ0) is 13.6. The zero-order valence-electron chi connectivity index (χ0n) is 11.3. The van der Waals surface area contributed by atoms with E-state index in [2.05, 4.69) is 71.2 Å². The first-order chi connectivity index (χ1) is 10.4. The van der Waals surface area contributed by atoms with Gasteiger partial charge in [0.1, 0.15) is 0 Å². The summed E-state index contributed by atoms with van der Waals surface area (Å²) in [6, 6.07) is 19.9. The molecule has 0 aliphatic carbocycles. The predicted octanol–water partition coefficient (Wildman–Crippen LogP) is 5.32. The highest BCUT2D eigenvalue weighted by Crippen LogP contribution is 2.42. The number of hydrogen-bond donors (Lipinski definition) is 0. The van der Waals surface area contributed by atoms with E-state index in [9.17, 15) is 0 Å². The fourth-order valence-electron chi connectivity index (χ4n) is 4.06. The Balaban J connectivity index is 2.20. The Labute approximate surface area is 121 Å². The molecule has 0 unspecified atom stereocenters. The van der Waals surface area contributed by atoms with E-state index in [1.807, 2.05) is 0 Å². The molecule has 5 aromatic rings. The normalized spacial score (nSPS) is 13.5. The molecule has 6 rings (SSSR count). The Bertz CT molecular complexity index is 1130. The van der Waals surface area contributed by atoms with Crippen LogP contribution >= 0.6 is 0 Å². The lowest BCUT2D eigenvalue weighted by Crippen LogP contribution is -1.83. The van der Waals surface area contributed by atoms with E-state index in [0.717, 1.165) is 0 Å². The van der Waals surface area contributed by atoms with Crippen LogP contribution in [0.25, 0.3) is 50.2 Å². The molecule has 1 aliphatic heterocycles. The molecule has 0 N–H and O–H groups in total. The molecule has 1 heteroatoms. The smallest absolute Gasteiger partial charge is 0.0621 e. The van der Waals surface area contributed by atoms with Gasteiger partial charge in [-0.2, -0.15) is 0 Å². The number of hydrogen-bond acceptors (Lipinski definition) is 0. The average Bonchev–Trinajstić information content (AvgIpc) is 2.98. The fraction of sp³-hybridized carbons (Fsp3) is 0. The highest BCUT2D eigenvalue weighted by atomic mass is 14.9. The van der Waals surface area contributed by atoms with Gasteiger partial charge in [0.05, 0.1) is 16.6 Å². The average molecular weight is 265 g/mol. The van der Waals surface area contributed by atoms with Crippen LogP contribution in [-0.4, -0.2) is 4.40 Å².